The molecule has 1 aromatic rings. The molecule has 0 aromatic heterocycles. The molecule has 5 nitrogen and oxygen atoms in total. The van der Waals surface area contributed by atoms with E-state index in [0.717, 1.165) is 32.4 Å². The molecule has 2 heterocycles. The third-order valence-corrected chi connectivity index (χ3v) is 6.16. The van der Waals surface area contributed by atoms with Gasteiger partial charge >= 0.3 is 0 Å². The van der Waals surface area contributed by atoms with E-state index >= 15 is 0 Å². The number of carbonyl (C=O) groups is 1. The van der Waals surface area contributed by atoms with Gasteiger partial charge in [0.1, 0.15) is 6.04 Å². The predicted molar refractivity (Wildman–Crippen MR) is 102 cm³/mol. The summed E-state index contributed by atoms with van der Waals surface area (Å²) in [6.07, 6.45) is 4.56. The van der Waals surface area contributed by atoms with Crippen LogP contribution >= 0.6 is 12.4 Å². The van der Waals surface area contributed by atoms with E-state index in [1.165, 1.54) is 17.5 Å². The summed E-state index contributed by atoms with van der Waals surface area (Å²) in [5.41, 5.74) is 9.41. The van der Waals surface area contributed by atoms with Gasteiger partial charge < -0.3 is 10.6 Å². The minimum atomic E-state index is -0.134. The lowest BCUT2D eigenvalue weighted by atomic mass is 9.71. The van der Waals surface area contributed by atoms with Crippen molar-refractivity contribution in [3.63, 3.8) is 0 Å². The molecule has 1 aliphatic carbocycles. The second kappa shape index (κ2) is 7.62. The smallest absolute Gasteiger partial charge is 0.238 e. The molecular weight excluding hydrogens is 336 g/mol. The van der Waals surface area contributed by atoms with Crippen LogP contribution in [0.4, 0.5) is 0 Å². The van der Waals surface area contributed by atoms with Crippen LogP contribution in [0.5, 0.6) is 0 Å². The highest BCUT2D eigenvalue weighted by molar-refractivity contribution is 5.85. The van der Waals surface area contributed by atoms with Gasteiger partial charge in [-0.15, -0.1) is 12.4 Å². The first kappa shape index (κ1) is 18.6. The van der Waals surface area contributed by atoms with Crippen molar-refractivity contribution in [3.05, 3.63) is 35.4 Å². The average Bonchev–Trinajstić information content (AvgIpc) is 3.04. The van der Waals surface area contributed by atoms with Crippen molar-refractivity contribution in [2.75, 3.05) is 19.6 Å². The first-order valence-electron chi connectivity index (χ1n) is 9.25. The molecule has 4 unspecified atom stereocenters. The molecule has 4 N–H and O–H groups in total. The summed E-state index contributed by atoms with van der Waals surface area (Å²) in [6.45, 7) is 4.93. The Morgan fingerprint density at radius 1 is 1.32 bits per heavy atom. The van der Waals surface area contributed by atoms with Crippen LogP contribution in [0.15, 0.2) is 24.3 Å². The predicted octanol–water partition coefficient (Wildman–Crippen LogP) is 1.27. The molecule has 0 saturated carbocycles. The fraction of sp³-hybridized carbons (Fsp3) is 0.632. The highest BCUT2D eigenvalue weighted by Crippen LogP contribution is 2.36. The molecule has 1 amide bonds. The Labute approximate surface area is 156 Å². The lowest BCUT2D eigenvalue weighted by molar-refractivity contribution is -0.124. The first-order valence-corrected chi connectivity index (χ1v) is 9.25. The number of hydrazine groups is 1. The van der Waals surface area contributed by atoms with E-state index in [2.05, 4.69) is 52.7 Å². The van der Waals surface area contributed by atoms with Crippen LogP contribution in [0.2, 0.25) is 0 Å². The molecule has 4 atom stereocenters. The van der Waals surface area contributed by atoms with Gasteiger partial charge in [0.15, 0.2) is 0 Å². The zero-order chi connectivity index (χ0) is 16.6. The minimum absolute atomic E-state index is 0. The maximum Gasteiger partial charge on any atom is 0.238 e. The molecule has 0 spiro atoms. The van der Waals surface area contributed by atoms with Gasteiger partial charge in [-0.05, 0) is 43.4 Å². The van der Waals surface area contributed by atoms with Gasteiger partial charge in [-0.2, -0.15) is 0 Å². The van der Waals surface area contributed by atoms with Crippen molar-refractivity contribution in [2.24, 2.45) is 5.92 Å². The minimum Gasteiger partial charge on any atom is -0.354 e. The van der Waals surface area contributed by atoms with E-state index in [1.807, 2.05) is 0 Å². The largest absolute Gasteiger partial charge is 0.354 e. The monoisotopic (exact) mass is 364 g/mol. The number of nitrogens with one attached hydrogen (secondary N) is 4. The van der Waals surface area contributed by atoms with Gasteiger partial charge in [-0.1, -0.05) is 31.2 Å². The van der Waals surface area contributed by atoms with Crippen molar-refractivity contribution in [3.8, 4) is 0 Å². The molecule has 6 heteroatoms. The van der Waals surface area contributed by atoms with Gasteiger partial charge in [-0.3, -0.25) is 10.2 Å². The zero-order valence-electron chi connectivity index (χ0n) is 14.8. The highest BCUT2D eigenvalue weighted by atomic mass is 35.5. The summed E-state index contributed by atoms with van der Waals surface area (Å²) in [4.78, 5) is 12.8. The average molecular weight is 365 g/mol. The van der Waals surface area contributed by atoms with Gasteiger partial charge in [0.25, 0.3) is 0 Å². The van der Waals surface area contributed by atoms with Crippen LogP contribution in [0.1, 0.15) is 37.3 Å². The molecule has 2 aliphatic heterocycles. The molecular formula is C19H29ClN4O. The second-order valence-corrected chi connectivity index (χ2v) is 7.82. The standard InChI is InChI=1S/C19H28N4O.ClH/c1-19(9-4-6-13-5-2-3-7-15(13)19)12-21-18(24)17-14-11-20-10-8-16(14)22-23-17;/h2-3,5,7,14,16-17,20,22-23H,4,6,8-12H2,1H3,(H,21,24);1H. The lowest BCUT2D eigenvalue weighted by Gasteiger charge is -2.36. The van der Waals surface area contributed by atoms with E-state index in [0.29, 0.717) is 18.5 Å². The van der Waals surface area contributed by atoms with Gasteiger partial charge in [-0.25, -0.2) is 5.43 Å². The summed E-state index contributed by atoms with van der Waals surface area (Å²) in [6, 6.07) is 8.98. The Balaban J connectivity index is 0.00000182. The number of hydrogen-bond acceptors (Lipinski definition) is 4. The van der Waals surface area contributed by atoms with Crippen molar-refractivity contribution >= 4 is 18.3 Å². The molecule has 25 heavy (non-hydrogen) atoms. The number of benzene rings is 1. The van der Waals surface area contributed by atoms with Crippen LogP contribution in [0.25, 0.3) is 0 Å². The number of rotatable bonds is 3. The number of carbonyl (C=O) groups excluding carboxylic acids is 1. The van der Waals surface area contributed by atoms with E-state index in [1.54, 1.807) is 0 Å². The quantitative estimate of drug-likeness (QED) is 0.652. The summed E-state index contributed by atoms with van der Waals surface area (Å²) in [7, 11) is 0. The summed E-state index contributed by atoms with van der Waals surface area (Å²) < 4.78 is 0. The molecule has 0 bridgehead atoms. The van der Waals surface area contributed by atoms with Crippen molar-refractivity contribution in [2.45, 2.75) is 50.1 Å². The summed E-state index contributed by atoms with van der Waals surface area (Å²) in [5, 5.41) is 6.65. The Bertz CT molecular complexity index is 625. The molecule has 138 valence electrons. The Morgan fingerprint density at radius 2 is 2.16 bits per heavy atom. The van der Waals surface area contributed by atoms with Crippen LogP contribution in [-0.2, 0) is 16.6 Å². The Morgan fingerprint density at radius 3 is 3.04 bits per heavy atom. The number of fused-ring (bicyclic) bond motifs is 2. The van der Waals surface area contributed by atoms with Crippen LogP contribution in [0, 0.1) is 5.92 Å². The molecule has 1 aromatic carbocycles. The van der Waals surface area contributed by atoms with E-state index in [-0.39, 0.29) is 29.8 Å². The topological polar surface area (TPSA) is 65.2 Å². The second-order valence-electron chi connectivity index (χ2n) is 7.82. The molecule has 3 aliphatic rings. The van der Waals surface area contributed by atoms with Crippen molar-refractivity contribution in [1.29, 1.82) is 0 Å². The Kier molecular flexibility index (Phi) is 5.68. The number of hydrogen-bond donors (Lipinski definition) is 4. The maximum absolute atomic E-state index is 12.8. The van der Waals surface area contributed by atoms with Gasteiger partial charge in [0.2, 0.25) is 5.91 Å². The van der Waals surface area contributed by atoms with Crippen molar-refractivity contribution < 1.29 is 4.79 Å². The van der Waals surface area contributed by atoms with E-state index < -0.39 is 0 Å². The van der Waals surface area contributed by atoms with Crippen LogP contribution < -0.4 is 21.5 Å². The van der Waals surface area contributed by atoms with Crippen LogP contribution in [0.3, 0.4) is 0 Å². The molecule has 0 radical (unpaired) electrons. The zero-order valence-corrected chi connectivity index (χ0v) is 15.6. The summed E-state index contributed by atoms with van der Waals surface area (Å²) >= 11 is 0. The molecule has 2 saturated heterocycles. The fourth-order valence-corrected chi connectivity index (χ4v) is 4.68. The number of piperidine rings is 1. The Hall–Kier alpha value is -1.14. The first-order chi connectivity index (χ1) is 11.7. The maximum atomic E-state index is 12.8. The van der Waals surface area contributed by atoms with Gasteiger partial charge in [0.05, 0.1) is 0 Å². The third kappa shape index (κ3) is 3.56. The molecule has 2 fully saturated rings. The number of halogens is 1. The normalized spacial score (nSPS) is 33.7. The van der Waals surface area contributed by atoms with Crippen molar-refractivity contribution in [1.82, 2.24) is 21.5 Å². The number of amides is 1. The third-order valence-electron chi connectivity index (χ3n) is 6.16. The van der Waals surface area contributed by atoms with E-state index in [4.69, 9.17) is 0 Å². The SMILES string of the molecule is CC1(CNC(=O)C2NNC3CCNCC32)CCCc2ccccc21.Cl. The highest BCUT2D eigenvalue weighted by Gasteiger charge is 2.41. The summed E-state index contributed by atoms with van der Waals surface area (Å²) in [5.74, 6) is 0.466. The van der Waals surface area contributed by atoms with Gasteiger partial charge in [0, 0.05) is 30.5 Å². The lowest BCUT2D eigenvalue weighted by Crippen LogP contribution is -2.51. The van der Waals surface area contributed by atoms with E-state index in [9.17, 15) is 4.79 Å². The number of aryl methyl sites for hydroxylation is 1. The molecule has 4 rings (SSSR count). The fourth-order valence-electron chi connectivity index (χ4n) is 4.68. The van der Waals surface area contributed by atoms with Crippen LogP contribution in [-0.4, -0.2) is 37.6 Å².